The Kier molecular flexibility index (Phi) is 7.95. The topological polar surface area (TPSA) is 27.7 Å². The Hall–Kier alpha value is -0.893. The molecular weight excluding hydrogens is 301 g/mol. The maximum absolute atomic E-state index is 12.4. The van der Waals surface area contributed by atoms with E-state index in [0.717, 1.165) is 23.7 Å². The van der Waals surface area contributed by atoms with E-state index in [1.54, 1.807) is 0 Å². The third-order valence-corrected chi connectivity index (χ3v) is 3.90. The number of benzene rings is 1. The SMILES string of the molecule is CCOC(OCC)O[SiH2]CCc1ccc(C(F)(F)F)cc1. The van der Waals surface area contributed by atoms with Gasteiger partial charge in [0.05, 0.1) is 5.56 Å². The Labute approximate surface area is 125 Å². The molecule has 0 aromatic heterocycles. The number of hydrogen-bond donors (Lipinski definition) is 0. The number of aryl methyl sites for hydroxylation is 1. The summed E-state index contributed by atoms with van der Waals surface area (Å²) in [6.07, 6.45) is -3.58. The highest BCUT2D eigenvalue weighted by atomic mass is 28.2. The summed E-state index contributed by atoms with van der Waals surface area (Å²) in [6, 6.07) is 6.07. The van der Waals surface area contributed by atoms with Crippen molar-refractivity contribution in [1.82, 2.24) is 0 Å². The molecule has 0 fully saturated rings. The lowest BCUT2D eigenvalue weighted by Crippen LogP contribution is -2.23. The first-order valence-electron chi connectivity index (χ1n) is 6.98. The predicted octanol–water partition coefficient (Wildman–Crippen LogP) is 3.12. The van der Waals surface area contributed by atoms with Gasteiger partial charge in [-0.15, -0.1) is 0 Å². The van der Waals surface area contributed by atoms with Crippen LogP contribution in [0.3, 0.4) is 0 Å². The maximum Gasteiger partial charge on any atom is 0.416 e. The molecule has 0 heterocycles. The zero-order valence-corrected chi connectivity index (χ0v) is 13.7. The molecule has 0 aliphatic carbocycles. The fourth-order valence-corrected chi connectivity index (χ4v) is 2.84. The van der Waals surface area contributed by atoms with Gasteiger partial charge in [0.25, 0.3) is 6.48 Å². The molecule has 0 radical (unpaired) electrons. The Bertz CT molecular complexity index is 389. The number of alkyl halides is 3. The van der Waals surface area contributed by atoms with Crippen LogP contribution in [0.2, 0.25) is 6.04 Å². The highest BCUT2D eigenvalue weighted by Crippen LogP contribution is 2.29. The minimum Gasteiger partial charge on any atom is -0.379 e. The van der Waals surface area contributed by atoms with E-state index in [0.29, 0.717) is 19.6 Å². The number of ether oxygens (including phenoxy) is 2. The van der Waals surface area contributed by atoms with Crippen LogP contribution in [0.4, 0.5) is 13.2 Å². The molecule has 1 rings (SSSR count). The van der Waals surface area contributed by atoms with E-state index >= 15 is 0 Å². The summed E-state index contributed by atoms with van der Waals surface area (Å²) in [4.78, 5) is 0. The summed E-state index contributed by atoms with van der Waals surface area (Å²) in [7, 11) is -0.830. The molecule has 1 aromatic carbocycles. The van der Waals surface area contributed by atoms with Gasteiger partial charge in [0.1, 0.15) is 0 Å². The van der Waals surface area contributed by atoms with Crippen LogP contribution in [0.15, 0.2) is 24.3 Å². The fourth-order valence-electron chi connectivity index (χ4n) is 1.73. The molecule has 7 heteroatoms. The number of hydrogen-bond acceptors (Lipinski definition) is 3. The zero-order valence-electron chi connectivity index (χ0n) is 12.3. The average molecular weight is 322 g/mol. The van der Waals surface area contributed by atoms with Crippen LogP contribution >= 0.6 is 0 Å². The van der Waals surface area contributed by atoms with Crippen LogP contribution in [0.5, 0.6) is 0 Å². The Balaban J connectivity index is 2.32. The van der Waals surface area contributed by atoms with Gasteiger partial charge in [-0.05, 0) is 44.0 Å². The molecule has 120 valence electrons. The lowest BCUT2D eigenvalue weighted by atomic mass is 10.1. The number of halogens is 3. The lowest BCUT2D eigenvalue weighted by Gasteiger charge is -2.17. The molecule has 1 aromatic rings. The molecule has 0 spiro atoms. The molecule has 3 nitrogen and oxygen atoms in total. The van der Waals surface area contributed by atoms with Crippen molar-refractivity contribution in [2.24, 2.45) is 0 Å². The first kappa shape index (κ1) is 18.2. The van der Waals surface area contributed by atoms with E-state index in [1.807, 2.05) is 13.8 Å². The van der Waals surface area contributed by atoms with Crippen molar-refractivity contribution in [2.45, 2.75) is 39.0 Å². The standard InChI is InChI=1S/C14H21F3O3Si/c1-3-18-13(19-4-2)20-21-10-9-11-5-7-12(8-6-11)14(15,16)17/h5-8,13H,3-4,9-10,21H2,1-2H3. The Morgan fingerprint density at radius 2 is 1.62 bits per heavy atom. The summed E-state index contributed by atoms with van der Waals surface area (Å²) < 4.78 is 53.3. The van der Waals surface area contributed by atoms with Gasteiger partial charge in [-0.25, -0.2) is 0 Å². The molecule has 0 N–H and O–H groups in total. The fraction of sp³-hybridized carbons (Fsp3) is 0.571. The smallest absolute Gasteiger partial charge is 0.379 e. The highest BCUT2D eigenvalue weighted by Gasteiger charge is 2.29. The second-order valence-electron chi connectivity index (χ2n) is 4.37. The molecule has 21 heavy (non-hydrogen) atoms. The third-order valence-electron chi connectivity index (χ3n) is 2.75. The van der Waals surface area contributed by atoms with Gasteiger partial charge in [-0.1, -0.05) is 12.1 Å². The van der Waals surface area contributed by atoms with Gasteiger partial charge in [-0.2, -0.15) is 13.2 Å². The van der Waals surface area contributed by atoms with Gasteiger partial charge >= 0.3 is 6.18 Å². The van der Waals surface area contributed by atoms with Crippen molar-refractivity contribution in [1.29, 1.82) is 0 Å². The first-order chi connectivity index (χ1) is 9.97. The molecule has 0 aliphatic rings. The molecule has 0 bridgehead atoms. The van der Waals surface area contributed by atoms with Crippen molar-refractivity contribution in [3.8, 4) is 0 Å². The van der Waals surface area contributed by atoms with Crippen molar-refractivity contribution >= 4 is 9.76 Å². The summed E-state index contributed by atoms with van der Waals surface area (Å²) >= 11 is 0. The molecule has 0 saturated carbocycles. The second kappa shape index (κ2) is 9.19. The lowest BCUT2D eigenvalue weighted by molar-refractivity contribution is -0.243. The first-order valence-corrected chi connectivity index (χ1v) is 8.56. The van der Waals surface area contributed by atoms with E-state index in [4.69, 9.17) is 13.9 Å². The minimum atomic E-state index is -4.28. The highest BCUT2D eigenvalue weighted by molar-refractivity contribution is 6.27. The van der Waals surface area contributed by atoms with Crippen molar-refractivity contribution in [3.05, 3.63) is 35.4 Å². The second-order valence-corrected chi connectivity index (χ2v) is 5.82. The molecule has 0 unspecified atom stereocenters. The molecule has 0 amide bonds. The van der Waals surface area contributed by atoms with Gasteiger partial charge < -0.3 is 13.9 Å². The Morgan fingerprint density at radius 3 is 2.10 bits per heavy atom. The molecule has 0 atom stereocenters. The van der Waals surface area contributed by atoms with E-state index in [9.17, 15) is 13.2 Å². The molecule has 0 aliphatic heterocycles. The van der Waals surface area contributed by atoms with Crippen LogP contribution in [0, 0.1) is 0 Å². The third kappa shape index (κ3) is 7.08. The van der Waals surface area contributed by atoms with Crippen LogP contribution in [0.1, 0.15) is 25.0 Å². The van der Waals surface area contributed by atoms with E-state index < -0.39 is 28.0 Å². The average Bonchev–Trinajstić information content (AvgIpc) is 2.43. The molecular formula is C14H21F3O3Si. The Morgan fingerprint density at radius 1 is 1.05 bits per heavy atom. The number of rotatable bonds is 9. The summed E-state index contributed by atoms with van der Waals surface area (Å²) in [5.41, 5.74) is 0.260. The summed E-state index contributed by atoms with van der Waals surface area (Å²) in [5, 5.41) is 0. The van der Waals surface area contributed by atoms with Gasteiger partial charge in [0.15, 0.2) is 9.76 Å². The van der Waals surface area contributed by atoms with Gasteiger partial charge in [-0.3, -0.25) is 0 Å². The molecule has 0 saturated heterocycles. The van der Waals surface area contributed by atoms with E-state index in [-0.39, 0.29) is 0 Å². The zero-order chi connectivity index (χ0) is 15.7. The minimum absolute atomic E-state index is 0.512. The van der Waals surface area contributed by atoms with Crippen molar-refractivity contribution < 1.29 is 27.1 Å². The predicted molar refractivity (Wildman–Crippen MR) is 76.6 cm³/mol. The van der Waals surface area contributed by atoms with Crippen LogP contribution in [-0.2, 0) is 26.5 Å². The quantitative estimate of drug-likeness (QED) is 0.397. The van der Waals surface area contributed by atoms with Crippen LogP contribution < -0.4 is 0 Å². The summed E-state index contributed by atoms with van der Waals surface area (Å²) in [5.74, 6) is 0. The van der Waals surface area contributed by atoms with Crippen LogP contribution in [0.25, 0.3) is 0 Å². The van der Waals surface area contributed by atoms with E-state index in [2.05, 4.69) is 0 Å². The van der Waals surface area contributed by atoms with Gasteiger partial charge in [0.2, 0.25) is 0 Å². The van der Waals surface area contributed by atoms with Crippen molar-refractivity contribution in [2.75, 3.05) is 13.2 Å². The largest absolute Gasteiger partial charge is 0.416 e. The summed E-state index contributed by atoms with van der Waals surface area (Å²) in [6.45, 7) is 4.13. The normalized spacial score (nSPS) is 12.7. The maximum atomic E-state index is 12.4. The van der Waals surface area contributed by atoms with Crippen molar-refractivity contribution in [3.63, 3.8) is 0 Å². The van der Waals surface area contributed by atoms with E-state index in [1.165, 1.54) is 12.1 Å². The van der Waals surface area contributed by atoms with Crippen LogP contribution in [-0.4, -0.2) is 29.5 Å². The van der Waals surface area contributed by atoms with Gasteiger partial charge in [0, 0.05) is 13.2 Å². The monoisotopic (exact) mass is 322 g/mol.